The number of nitrogens with one attached hydrogen (secondary N) is 2. The van der Waals surface area contributed by atoms with E-state index in [0.29, 0.717) is 29.8 Å². The van der Waals surface area contributed by atoms with E-state index in [9.17, 15) is 4.79 Å². The molecule has 7 heteroatoms. The number of anilines is 1. The second-order valence-electron chi connectivity index (χ2n) is 6.03. The van der Waals surface area contributed by atoms with Gasteiger partial charge in [-0.25, -0.2) is 9.97 Å². The summed E-state index contributed by atoms with van der Waals surface area (Å²) in [6, 6.07) is 14.9. The monoisotopic (exact) mass is 381 g/mol. The van der Waals surface area contributed by atoms with Gasteiger partial charge in [-0.05, 0) is 49.2 Å². The Hall–Kier alpha value is -2.99. The Labute approximate surface area is 163 Å². The third-order valence-electron chi connectivity index (χ3n) is 3.85. The molecule has 0 atom stereocenters. The molecular formula is C20H20ClN5O. The van der Waals surface area contributed by atoms with Gasteiger partial charge in [-0.1, -0.05) is 29.8 Å². The van der Waals surface area contributed by atoms with E-state index in [4.69, 9.17) is 11.6 Å². The van der Waals surface area contributed by atoms with Crippen molar-refractivity contribution < 1.29 is 4.79 Å². The Morgan fingerprint density at radius 1 is 1.11 bits per heavy atom. The van der Waals surface area contributed by atoms with Crippen molar-refractivity contribution >= 4 is 23.5 Å². The van der Waals surface area contributed by atoms with Crippen LogP contribution in [0.3, 0.4) is 0 Å². The molecule has 1 amide bonds. The second-order valence-corrected chi connectivity index (χ2v) is 6.46. The number of aromatic nitrogens is 3. The van der Waals surface area contributed by atoms with Crippen molar-refractivity contribution in [2.24, 2.45) is 0 Å². The normalized spacial score (nSPS) is 10.4. The van der Waals surface area contributed by atoms with Crippen LogP contribution in [0.1, 0.15) is 27.4 Å². The maximum absolute atomic E-state index is 12.4. The number of halogens is 1. The van der Waals surface area contributed by atoms with Crippen molar-refractivity contribution in [1.82, 2.24) is 20.3 Å². The topological polar surface area (TPSA) is 79.8 Å². The van der Waals surface area contributed by atoms with E-state index in [1.165, 1.54) is 0 Å². The number of aryl methyl sites for hydroxylation is 1. The van der Waals surface area contributed by atoms with Gasteiger partial charge in [0, 0.05) is 23.5 Å². The van der Waals surface area contributed by atoms with E-state index >= 15 is 0 Å². The van der Waals surface area contributed by atoms with Crippen LogP contribution in [-0.4, -0.2) is 27.4 Å². The lowest BCUT2D eigenvalue weighted by molar-refractivity contribution is 0.0949. The first kappa shape index (κ1) is 18.8. The number of rotatable bonds is 7. The number of hydrogen-bond acceptors (Lipinski definition) is 5. The minimum absolute atomic E-state index is 0.227. The zero-order chi connectivity index (χ0) is 19.1. The highest BCUT2D eigenvalue weighted by Crippen LogP contribution is 2.10. The zero-order valence-corrected chi connectivity index (χ0v) is 15.7. The Morgan fingerprint density at radius 3 is 2.67 bits per heavy atom. The largest absolute Gasteiger partial charge is 0.350 e. The first-order valence-electron chi connectivity index (χ1n) is 8.62. The lowest BCUT2D eigenvalue weighted by atomic mass is 10.1. The maximum Gasteiger partial charge on any atom is 0.270 e. The predicted molar refractivity (Wildman–Crippen MR) is 106 cm³/mol. The standard InChI is InChI=1S/C20H20ClN5O/c1-14-12-18(19(27)23-11-9-15-5-7-16(21)8-6-15)26-20(25-14)24-13-17-4-2-3-10-22-17/h2-8,10,12H,9,11,13H2,1H3,(H,23,27)(H,24,25,26). The minimum Gasteiger partial charge on any atom is -0.350 e. The molecule has 0 aliphatic carbocycles. The molecule has 3 rings (SSSR count). The molecule has 0 bridgehead atoms. The third-order valence-corrected chi connectivity index (χ3v) is 4.11. The summed E-state index contributed by atoms with van der Waals surface area (Å²) in [5.74, 6) is 0.179. The summed E-state index contributed by atoms with van der Waals surface area (Å²) in [5, 5.41) is 6.69. The van der Waals surface area contributed by atoms with Crippen molar-refractivity contribution in [3.8, 4) is 0 Å². The maximum atomic E-state index is 12.4. The number of carbonyl (C=O) groups is 1. The van der Waals surface area contributed by atoms with E-state index in [1.54, 1.807) is 12.3 Å². The summed E-state index contributed by atoms with van der Waals surface area (Å²) in [7, 11) is 0. The fourth-order valence-electron chi connectivity index (χ4n) is 2.50. The molecule has 2 heterocycles. The highest BCUT2D eigenvalue weighted by atomic mass is 35.5. The fourth-order valence-corrected chi connectivity index (χ4v) is 2.62. The molecule has 0 radical (unpaired) electrons. The summed E-state index contributed by atoms with van der Waals surface area (Å²) >= 11 is 5.88. The number of pyridine rings is 1. The van der Waals surface area contributed by atoms with Gasteiger partial charge in [-0.3, -0.25) is 9.78 Å². The summed E-state index contributed by atoms with van der Waals surface area (Å²) < 4.78 is 0. The van der Waals surface area contributed by atoms with Crippen molar-refractivity contribution in [2.75, 3.05) is 11.9 Å². The molecule has 0 aliphatic heterocycles. The van der Waals surface area contributed by atoms with Gasteiger partial charge in [0.15, 0.2) is 0 Å². The molecule has 0 spiro atoms. The molecule has 1 aromatic carbocycles. The summed E-state index contributed by atoms with van der Waals surface area (Å²) in [6.45, 7) is 2.83. The quantitative estimate of drug-likeness (QED) is 0.655. The molecule has 0 saturated carbocycles. The van der Waals surface area contributed by atoms with Crippen LogP contribution in [0.15, 0.2) is 54.7 Å². The Balaban J connectivity index is 1.57. The highest BCUT2D eigenvalue weighted by molar-refractivity contribution is 6.30. The molecule has 0 fully saturated rings. The van der Waals surface area contributed by atoms with Gasteiger partial charge in [0.2, 0.25) is 5.95 Å². The SMILES string of the molecule is Cc1cc(C(=O)NCCc2ccc(Cl)cc2)nc(NCc2ccccn2)n1. The van der Waals surface area contributed by atoms with Crippen LogP contribution >= 0.6 is 11.6 Å². The van der Waals surface area contributed by atoms with Crippen molar-refractivity contribution in [2.45, 2.75) is 19.9 Å². The van der Waals surface area contributed by atoms with Crippen LogP contribution in [0.25, 0.3) is 0 Å². The van der Waals surface area contributed by atoms with Gasteiger partial charge in [0.05, 0.1) is 12.2 Å². The zero-order valence-electron chi connectivity index (χ0n) is 14.9. The average Bonchev–Trinajstić information content (AvgIpc) is 2.68. The van der Waals surface area contributed by atoms with Crippen LogP contribution < -0.4 is 10.6 Å². The van der Waals surface area contributed by atoms with Crippen LogP contribution in [0, 0.1) is 6.92 Å². The Bertz CT molecular complexity index is 900. The van der Waals surface area contributed by atoms with Gasteiger partial charge in [0.1, 0.15) is 5.69 Å². The summed E-state index contributed by atoms with van der Waals surface area (Å²) in [6.07, 6.45) is 2.45. The molecule has 0 aliphatic rings. The fraction of sp³-hybridized carbons (Fsp3) is 0.200. The van der Waals surface area contributed by atoms with Gasteiger partial charge in [0.25, 0.3) is 5.91 Å². The summed E-state index contributed by atoms with van der Waals surface area (Å²) in [4.78, 5) is 25.3. The van der Waals surface area contributed by atoms with Crippen LogP contribution in [0.4, 0.5) is 5.95 Å². The molecule has 138 valence electrons. The smallest absolute Gasteiger partial charge is 0.270 e. The van der Waals surface area contributed by atoms with Crippen LogP contribution in [0.2, 0.25) is 5.02 Å². The highest BCUT2D eigenvalue weighted by Gasteiger charge is 2.10. The van der Waals surface area contributed by atoms with E-state index in [-0.39, 0.29) is 5.91 Å². The van der Waals surface area contributed by atoms with E-state index in [2.05, 4.69) is 25.6 Å². The van der Waals surface area contributed by atoms with Crippen LogP contribution in [-0.2, 0) is 13.0 Å². The first-order valence-corrected chi connectivity index (χ1v) is 9.00. The van der Waals surface area contributed by atoms with E-state index < -0.39 is 0 Å². The number of hydrogen-bond donors (Lipinski definition) is 2. The van der Waals surface area contributed by atoms with E-state index in [1.807, 2.05) is 49.4 Å². The van der Waals surface area contributed by atoms with Gasteiger partial charge >= 0.3 is 0 Å². The van der Waals surface area contributed by atoms with Crippen molar-refractivity contribution in [3.63, 3.8) is 0 Å². The minimum atomic E-state index is -0.227. The summed E-state index contributed by atoms with van der Waals surface area (Å²) in [5.41, 5.74) is 3.03. The molecule has 2 N–H and O–H groups in total. The Morgan fingerprint density at radius 2 is 1.93 bits per heavy atom. The second kappa shape index (κ2) is 9.09. The molecule has 2 aromatic heterocycles. The number of carbonyl (C=O) groups excluding carboxylic acids is 1. The average molecular weight is 382 g/mol. The van der Waals surface area contributed by atoms with Crippen molar-refractivity contribution in [3.05, 3.63) is 82.4 Å². The Kier molecular flexibility index (Phi) is 6.33. The number of benzene rings is 1. The molecular weight excluding hydrogens is 362 g/mol. The van der Waals surface area contributed by atoms with Gasteiger partial charge < -0.3 is 10.6 Å². The lowest BCUT2D eigenvalue weighted by Gasteiger charge is -2.09. The molecule has 6 nitrogen and oxygen atoms in total. The van der Waals surface area contributed by atoms with Gasteiger partial charge in [-0.2, -0.15) is 0 Å². The first-order chi connectivity index (χ1) is 13.1. The number of nitrogens with zero attached hydrogens (tertiary/aromatic N) is 3. The lowest BCUT2D eigenvalue weighted by Crippen LogP contribution is -2.27. The molecule has 3 aromatic rings. The molecule has 27 heavy (non-hydrogen) atoms. The number of amides is 1. The third kappa shape index (κ3) is 5.76. The predicted octanol–water partition coefficient (Wildman–Crippen LogP) is 3.42. The molecule has 0 unspecified atom stereocenters. The van der Waals surface area contributed by atoms with Crippen molar-refractivity contribution in [1.29, 1.82) is 0 Å². The van der Waals surface area contributed by atoms with Crippen LogP contribution in [0.5, 0.6) is 0 Å². The van der Waals surface area contributed by atoms with Gasteiger partial charge in [-0.15, -0.1) is 0 Å². The molecule has 0 saturated heterocycles. The van der Waals surface area contributed by atoms with E-state index in [0.717, 1.165) is 23.4 Å².